The number of ether oxygens (including phenoxy) is 2. The Labute approximate surface area is 703 Å². The van der Waals surface area contributed by atoms with Crippen LogP contribution in [0.3, 0.4) is 0 Å². The standard InChI is InChI=1S/2C18H28N3.C17H29N3.C11H15Cl.2C7H13N3.C6H15N3.C5H13NO2.2ClH/c2*1-3-15(2)17-6-4-16(5-7-17)14-21-12-10-19-8-9-20(11-13-21)18(19)21;1-3-15(2)17-6-4-16(5-7-17)14-20-12-10-18-8-9-19-11-13-20;1-3-9(2)11-6-4-10(8-12)5-7-11;2*1-2-9-5-6-10-4-3-8(1)7(9)10;1-2-8-5-6-9-4-3-7-1;1-6(2)5(7-3)8-4;;/h2*4-7,15,18H,3,8-14H2,1-2H3;4-7,15,18-19H,3,8-14H2,1-2H3;4-7,9H,3,8H2,1-2H3;2*7H,1-6H2;7-9H,1-6H2;5H,1-4H3;2*1H/q2*+1;;;;;;;;/p-2. The SMILES string of the molecule is C1CN2CCN3CCN1C23.C1CN2CCN3CCN1C23.C1CNCCNCCN1.CCC(C)c1ccc(CCl)cc1.CCC(C)c1ccc(CN2CCNCCNCC2)cc1.CCC(C)c1ccc(C[N+]23CCN4CCN(CC2)C43)cc1.CCC(C)c1ccc(C[N+]23CCN4CCN(CC2)C43)cc1.COC(OC)N(C)C.[Cl-].[Cl-]. The second-order valence-corrected chi connectivity index (χ2v) is 34.8. The van der Waals surface area contributed by atoms with E-state index in [9.17, 15) is 0 Å². The predicted molar refractivity (Wildman–Crippen MR) is 460 cm³/mol. The molecule has 24 heteroatoms. The number of hydrogen-bond donors (Lipinski definition) is 5. The lowest BCUT2D eigenvalue weighted by Crippen LogP contribution is -3.00. The molecule has 0 saturated carbocycles. The van der Waals surface area contributed by atoms with Crippen LogP contribution in [0, 0.1) is 0 Å². The number of quaternary nitrogens is 2. The van der Waals surface area contributed by atoms with Crippen molar-refractivity contribution in [2.45, 2.75) is 162 Å². The lowest BCUT2D eigenvalue weighted by atomic mass is 9.97. The van der Waals surface area contributed by atoms with Crippen LogP contribution in [0.2, 0.25) is 0 Å². The number of nitrogens with zero attached hydrogens (tertiary/aromatic N) is 14. The van der Waals surface area contributed by atoms with Gasteiger partial charge >= 0.3 is 0 Å². The Morgan fingerprint density at radius 2 is 0.584 bits per heavy atom. The van der Waals surface area contributed by atoms with Crippen LogP contribution in [0.4, 0.5) is 0 Å². The second kappa shape index (κ2) is 47.8. The third-order valence-corrected chi connectivity index (χ3v) is 27.4. The third-order valence-electron chi connectivity index (χ3n) is 27.1. The molecule has 21 nitrogen and oxygen atoms in total. The molecule has 4 unspecified atom stereocenters. The van der Waals surface area contributed by atoms with Crippen molar-refractivity contribution in [3.63, 3.8) is 0 Å². The largest absolute Gasteiger partial charge is 1.00 e. The average Bonchev–Trinajstić information content (AvgIpc) is 1.58. The van der Waals surface area contributed by atoms with Gasteiger partial charge in [0.15, 0.2) is 0 Å². The summed E-state index contributed by atoms with van der Waals surface area (Å²) >= 11 is 5.69. The summed E-state index contributed by atoms with van der Waals surface area (Å²) in [5.41, 5.74) is 11.5. The van der Waals surface area contributed by atoms with E-state index in [-0.39, 0.29) is 31.2 Å². The van der Waals surface area contributed by atoms with E-state index < -0.39 is 0 Å². The highest BCUT2D eigenvalue weighted by atomic mass is 35.5. The van der Waals surface area contributed by atoms with E-state index in [2.05, 4.69) is 233 Å². The maximum absolute atomic E-state index is 5.69. The summed E-state index contributed by atoms with van der Waals surface area (Å²) in [6.45, 7) is 66.3. The fourth-order valence-electron chi connectivity index (χ4n) is 19.5. The maximum atomic E-state index is 5.69. The highest BCUT2D eigenvalue weighted by molar-refractivity contribution is 6.17. The second-order valence-electron chi connectivity index (χ2n) is 34.5. The molecule has 4 aromatic carbocycles. The van der Waals surface area contributed by atoms with E-state index in [4.69, 9.17) is 21.1 Å². The number of halogens is 3. The van der Waals surface area contributed by atoms with Crippen LogP contribution in [0.5, 0.6) is 0 Å². The van der Waals surface area contributed by atoms with Crippen molar-refractivity contribution in [2.75, 3.05) is 264 Å². The smallest absolute Gasteiger partial charge is 0.217 e. The van der Waals surface area contributed by atoms with Crippen LogP contribution < -0.4 is 51.4 Å². The molecule has 0 aromatic heterocycles. The summed E-state index contributed by atoms with van der Waals surface area (Å²) in [6, 6.07) is 36.7. The van der Waals surface area contributed by atoms with Gasteiger partial charge in [0.2, 0.25) is 19.0 Å². The summed E-state index contributed by atoms with van der Waals surface area (Å²) in [7, 11) is 6.98. The molecule has 0 amide bonds. The Hall–Kier alpha value is -3.09. The highest BCUT2D eigenvalue weighted by Crippen LogP contribution is 2.40. The molecule has 14 fully saturated rings. The number of alkyl halides is 1. The van der Waals surface area contributed by atoms with Gasteiger partial charge in [-0.25, -0.2) is 19.6 Å². The monoisotopic (exact) mass is 1630 g/mol. The first kappa shape index (κ1) is 93.8. The van der Waals surface area contributed by atoms with Crippen molar-refractivity contribution < 1.29 is 43.3 Å². The third kappa shape index (κ3) is 25.5. The van der Waals surface area contributed by atoms with Gasteiger partial charge in [-0.1, -0.05) is 152 Å². The Balaban J connectivity index is 0.000000152. The van der Waals surface area contributed by atoms with Gasteiger partial charge in [0.25, 0.3) is 0 Å². The molecule has 638 valence electrons. The number of nitrogens with one attached hydrogen (secondary N) is 5. The topological polar surface area (TPSA) is 117 Å². The molecule has 0 radical (unpaired) electrons. The van der Waals surface area contributed by atoms with Crippen molar-refractivity contribution in [2.24, 2.45) is 0 Å². The number of methoxy groups -OCH3 is 2. The predicted octanol–water partition coefficient (Wildman–Crippen LogP) is 2.36. The van der Waals surface area contributed by atoms with Gasteiger partial charge in [-0.15, -0.1) is 11.6 Å². The number of benzene rings is 4. The summed E-state index contributed by atoms with van der Waals surface area (Å²) in [5, 5.41) is 16.8. The minimum atomic E-state index is -0.213. The Morgan fingerprint density at radius 1 is 0.345 bits per heavy atom. The van der Waals surface area contributed by atoms with Crippen LogP contribution in [-0.2, 0) is 35.0 Å². The van der Waals surface area contributed by atoms with Crippen LogP contribution in [0.25, 0.3) is 0 Å². The lowest BCUT2D eigenvalue weighted by molar-refractivity contribution is -0.949. The van der Waals surface area contributed by atoms with Crippen molar-refractivity contribution in [1.82, 2.24) is 85.4 Å². The van der Waals surface area contributed by atoms with Crippen LogP contribution in [-0.4, -0.2) is 363 Å². The molecule has 14 aliphatic heterocycles. The lowest BCUT2D eigenvalue weighted by Gasteiger charge is -2.34. The van der Waals surface area contributed by atoms with E-state index in [0.717, 1.165) is 97.7 Å². The summed E-state index contributed by atoms with van der Waals surface area (Å²) in [6.07, 6.45) is 7.48. The summed E-state index contributed by atoms with van der Waals surface area (Å²) in [5.74, 6) is 3.31. The molecule has 113 heavy (non-hydrogen) atoms. The molecule has 0 bridgehead atoms. The molecular formula is C89H154Cl3N19O2. The molecule has 14 heterocycles. The zero-order valence-electron chi connectivity index (χ0n) is 72.3. The molecular weight excluding hydrogens is 1470 g/mol. The fourth-order valence-corrected chi connectivity index (χ4v) is 19.7. The molecule has 0 spiro atoms. The van der Waals surface area contributed by atoms with Gasteiger partial charge in [0.05, 0.1) is 52.4 Å². The van der Waals surface area contributed by atoms with E-state index in [0.29, 0.717) is 42.1 Å². The molecule has 0 aliphatic carbocycles. The zero-order valence-corrected chi connectivity index (χ0v) is 74.5. The zero-order chi connectivity index (χ0) is 78.1. The summed E-state index contributed by atoms with van der Waals surface area (Å²) in [4.78, 5) is 30.7. The van der Waals surface area contributed by atoms with Gasteiger partial charge in [-0.05, 0) is 96.8 Å². The highest BCUT2D eigenvalue weighted by Gasteiger charge is 2.58. The molecule has 18 rings (SSSR count). The minimum Gasteiger partial charge on any atom is -1.00 e. The Kier molecular flexibility index (Phi) is 39.7. The first-order valence-corrected chi connectivity index (χ1v) is 44.7. The van der Waals surface area contributed by atoms with Gasteiger partial charge in [-0.3, -0.25) is 48.2 Å². The van der Waals surface area contributed by atoms with Gasteiger partial charge < -0.3 is 60.9 Å². The number of hydrogen-bond acceptors (Lipinski definition) is 19. The molecule has 14 aliphatic rings. The first-order valence-electron chi connectivity index (χ1n) is 44.1. The molecule has 5 N–H and O–H groups in total. The van der Waals surface area contributed by atoms with Crippen molar-refractivity contribution in [3.05, 3.63) is 142 Å². The first-order chi connectivity index (χ1) is 54.1. The molecule has 4 atom stereocenters. The van der Waals surface area contributed by atoms with Gasteiger partial charge in [-0.2, -0.15) is 0 Å². The van der Waals surface area contributed by atoms with Crippen molar-refractivity contribution >= 4 is 11.6 Å². The maximum Gasteiger partial charge on any atom is 0.217 e. The summed E-state index contributed by atoms with van der Waals surface area (Å²) < 4.78 is 12.3. The molecule has 14 saturated heterocycles. The van der Waals surface area contributed by atoms with Crippen LogP contribution >= 0.6 is 11.6 Å². The van der Waals surface area contributed by atoms with Crippen molar-refractivity contribution in [3.8, 4) is 0 Å². The normalized spacial score (nSPS) is 26.4. The van der Waals surface area contributed by atoms with Crippen LogP contribution in [0.15, 0.2) is 97.1 Å². The average molecular weight is 1630 g/mol. The number of rotatable bonds is 18. The minimum absolute atomic E-state index is 0. The van der Waals surface area contributed by atoms with Crippen molar-refractivity contribution in [1.29, 1.82) is 0 Å². The Morgan fingerprint density at radius 3 is 0.814 bits per heavy atom. The van der Waals surface area contributed by atoms with Gasteiger partial charge in [0, 0.05) is 221 Å². The van der Waals surface area contributed by atoms with Crippen LogP contribution in [0.1, 0.15) is 149 Å². The fraction of sp³-hybridized carbons (Fsp3) is 0.730. The Bertz CT molecular complexity index is 2980. The molecule has 4 aromatic rings. The van der Waals surface area contributed by atoms with E-state index >= 15 is 0 Å². The van der Waals surface area contributed by atoms with E-state index in [1.54, 1.807) is 14.2 Å². The van der Waals surface area contributed by atoms with E-state index in [1.165, 1.54) is 249 Å². The van der Waals surface area contributed by atoms with E-state index in [1.807, 2.05) is 19.0 Å². The quantitative estimate of drug-likeness (QED) is 0.0570. The van der Waals surface area contributed by atoms with Gasteiger partial charge in [0.1, 0.15) is 25.7 Å².